The van der Waals surface area contributed by atoms with Crippen LogP contribution in [0.2, 0.25) is 0 Å². The highest BCUT2D eigenvalue weighted by Gasteiger charge is 2.08. The number of methoxy groups -OCH3 is 1. The van der Waals surface area contributed by atoms with Crippen molar-refractivity contribution in [3.63, 3.8) is 0 Å². The molecule has 28 heavy (non-hydrogen) atoms. The van der Waals surface area contributed by atoms with Crippen molar-refractivity contribution in [2.24, 2.45) is 0 Å². The van der Waals surface area contributed by atoms with Crippen molar-refractivity contribution in [2.75, 3.05) is 17.7 Å². The summed E-state index contributed by atoms with van der Waals surface area (Å²) in [5.74, 6) is 1.38. The third-order valence-corrected chi connectivity index (χ3v) is 3.96. The number of aryl methyl sites for hydroxylation is 1. The maximum atomic E-state index is 11.7. The molecule has 7 nitrogen and oxygen atoms in total. The number of hydrogen-bond acceptors (Lipinski definition) is 7. The summed E-state index contributed by atoms with van der Waals surface area (Å²) >= 11 is 0. The Kier molecular flexibility index (Phi) is 5.64. The molecule has 0 aliphatic carbocycles. The third kappa shape index (κ3) is 4.70. The molecule has 0 bridgehead atoms. The Bertz CT molecular complexity index is 1020. The van der Waals surface area contributed by atoms with Crippen LogP contribution in [0.4, 0.5) is 23.0 Å². The maximum absolute atomic E-state index is 11.7. The molecule has 7 heteroatoms. The number of anilines is 4. The van der Waals surface area contributed by atoms with Crippen LogP contribution >= 0.6 is 0 Å². The summed E-state index contributed by atoms with van der Waals surface area (Å²) in [5.41, 5.74) is 2.61. The Morgan fingerprint density at radius 2 is 1.50 bits per heavy atom. The van der Waals surface area contributed by atoms with Crippen LogP contribution in [0.1, 0.15) is 33.5 Å². The van der Waals surface area contributed by atoms with Crippen LogP contribution in [0.5, 0.6) is 0 Å². The van der Waals surface area contributed by atoms with Gasteiger partial charge in [-0.2, -0.15) is 0 Å². The summed E-state index contributed by atoms with van der Waals surface area (Å²) in [7, 11) is 1.34. The summed E-state index contributed by atoms with van der Waals surface area (Å²) in [4.78, 5) is 31.8. The van der Waals surface area contributed by atoms with E-state index in [1.807, 2.05) is 18.2 Å². The molecule has 0 aliphatic heterocycles. The van der Waals surface area contributed by atoms with E-state index in [9.17, 15) is 9.59 Å². The average molecular weight is 376 g/mol. The standard InChI is InChI=1S/C21H20N4O3/c1-13(26)15-7-9-17(10-8-15)24-19-12-20(23-14(2)22-19)25-18-6-4-5-16(11-18)21(27)28-3/h4-12H,1-3H3,(H2,22,23,24,25). The monoisotopic (exact) mass is 376 g/mol. The Morgan fingerprint density at radius 1 is 0.857 bits per heavy atom. The number of ether oxygens (including phenoxy) is 1. The first-order valence-electron chi connectivity index (χ1n) is 8.64. The number of nitrogens with one attached hydrogen (secondary N) is 2. The van der Waals surface area contributed by atoms with Crippen molar-refractivity contribution in [3.8, 4) is 0 Å². The molecule has 0 saturated carbocycles. The van der Waals surface area contributed by atoms with Gasteiger partial charge in [-0.1, -0.05) is 6.07 Å². The van der Waals surface area contributed by atoms with Gasteiger partial charge >= 0.3 is 5.97 Å². The molecule has 1 heterocycles. The molecule has 0 atom stereocenters. The molecular weight excluding hydrogens is 356 g/mol. The zero-order valence-corrected chi connectivity index (χ0v) is 15.8. The molecule has 0 amide bonds. The third-order valence-electron chi connectivity index (χ3n) is 3.96. The number of ketones is 1. The molecule has 142 valence electrons. The second-order valence-corrected chi connectivity index (χ2v) is 6.14. The highest BCUT2D eigenvalue weighted by molar-refractivity contribution is 5.94. The van der Waals surface area contributed by atoms with Gasteiger partial charge in [0.2, 0.25) is 0 Å². The maximum Gasteiger partial charge on any atom is 0.337 e. The summed E-state index contributed by atoms with van der Waals surface area (Å²) < 4.78 is 4.75. The van der Waals surface area contributed by atoms with E-state index >= 15 is 0 Å². The van der Waals surface area contributed by atoms with Gasteiger partial charge in [-0.15, -0.1) is 0 Å². The van der Waals surface area contributed by atoms with Gasteiger partial charge in [0.1, 0.15) is 17.5 Å². The molecular formula is C21H20N4O3. The van der Waals surface area contributed by atoms with Crippen LogP contribution < -0.4 is 10.6 Å². The van der Waals surface area contributed by atoms with E-state index in [4.69, 9.17) is 4.74 Å². The fourth-order valence-corrected chi connectivity index (χ4v) is 2.62. The topological polar surface area (TPSA) is 93.2 Å². The van der Waals surface area contributed by atoms with Crippen molar-refractivity contribution in [2.45, 2.75) is 13.8 Å². The predicted molar refractivity (Wildman–Crippen MR) is 108 cm³/mol. The largest absolute Gasteiger partial charge is 0.465 e. The number of aromatic nitrogens is 2. The molecule has 0 aliphatic rings. The normalized spacial score (nSPS) is 10.2. The average Bonchev–Trinajstić information content (AvgIpc) is 2.67. The van der Waals surface area contributed by atoms with Gasteiger partial charge in [0.25, 0.3) is 0 Å². The fourth-order valence-electron chi connectivity index (χ4n) is 2.62. The minimum atomic E-state index is -0.404. The molecule has 0 spiro atoms. The first-order valence-corrected chi connectivity index (χ1v) is 8.64. The lowest BCUT2D eigenvalue weighted by molar-refractivity contribution is 0.0600. The number of esters is 1. The zero-order chi connectivity index (χ0) is 20.1. The van der Waals surface area contributed by atoms with Gasteiger partial charge in [-0.25, -0.2) is 14.8 Å². The Balaban J connectivity index is 1.80. The van der Waals surface area contributed by atoms with Gasteiger partial charge in [-0.3, -0.25) is 4.79 Å². The molecule has 1 aromatic heterocycles. The molecule has 2 aromatic carbocycles. The number of Topliss-reactive ketones (excluding diaryl/α,β-unsaturated/α-hetero) is 1. The molecule has 0 unspecified atom stereocenters. The molecule has 0 saturated heterocycles. The molecule has 0 radical (unpaired) electrons. The highest BCUT2D eigenvalue weighted by Crippen LogP contribution is 2.21. The van der Waals surface area contributed by atoms with Gasteiger partial charge in [0.15, 0.2) is 5.78 Å². The summed E-state index contributed by atoms with van der Waals surface area (Å²) in [6.45, 7) is 3.32. The Hall–Kier alpha value is -3.74. The minimum absolute atomic E-state index is 0.0186. The van der Waals surface area contributed by atoms with Crippen molar-refractivity contribution >= 4 is 34.8 Å². The predicted octanol–water partition coefficient (Wildman–Crippen LogP) is 4.26. The van der Waals surface area contributed by atoms with Crippen molar-refractivity contribution in [1.82, 2.24) is 9.97 Å². The minimum Gasteiger partial charge on any atom is -0.465 e. The molecule has 3 rings (SSSR count). The lowest BCUT2D eigenvalue weighted by Gasteiger charge is -2.11. The Labute approximate surface area is 162 Å². The molecule has 2 N–H and O–H groups in total. The van der Waals surface area contributed by atoms with E-state index in [1.165, 1.54) is 14.0 Å². The van der Waals surface area contributed by atoms with Crippen LogP contribution in [0.3, 0.4) is 0 Å². The van der Waals surface area contributed by atoms with Crippen LogP contribution in [0, 0.1) is 6.92 Å². The first kappa shape index (κ1) is 19.0. The molecule has 0 fully saturated rings. The zero-order valence-electron chi connectivity index (χ0n) is 15.8. The van der Waals surface area contributed by atoms with Crippen LogP contribution in [0.25, 0.3) is 0 Å². The summed E-state index contributed by atoms with van der Waals surface area (Å²) in [5, 5.41) is 6.37. The van der Waals surface area contributed by atoms with Crippen LogP contribution in [-0.2, 0) is 4.74 Å². The second-order valence-electron chi connectivity index (χ2n) is 6.14. The lowest BCUT2D eigenvalue weighted by Crippen LogP contribution is -2.04. The number of nitrogens with zero attached hydrogens (tertiary/aromatic N) is 2. The lowest BCUT2D eigenvalue weighted by atomic mass is 10.1. The number of rotatable bonds is 6. The van der Waals surface area contributed by atoms with E-state index in [1.54, 1.807) is 43.3 Å². The van der Waals surface area contributed by atoms with Gasteiger partial charge < -0.3 is 15.4 Å². The summed E-state index contributed by atoms with van der Waals surface area (Å²) in [6.07, 6.45) is 0. The highest BCUT2D eigenvalue weighted by atomic mass is 16.5. The SMILES string of the molecule is COC(=O)c1cccc(Nc2cc(Nc3ccc(C(C)=O)cc3)nc(C)n2)c1. The van der Waals surface area contributed by atoms with Gasteiger partial charge in [0.05, 0.1) is 12.7 Å². The van der Waals surface area contributed by atoms with Crippen LogP contribution in [0.15, 0.2) is 54.6 Å². The summed E-state index contributed by atoms with van der Waals surface area (Å²) in [6, 6.07) is 15.9. The van der Waals surface area contributed by atoms with E-state index in [0.29, 0.717) is 34.3 Å². The number of carbonyl (C=O) groups is 2. The Morgan fingerprint density at radius 3 is 2.11 bits per heavy atom. The van der Waals surface area contributed by atoms with Gasteiger partial charge in [-0.05, 0) is 56.3 Å². The van der Waals surface area contributed by atoms with E-state index < -0.39 is 5.97 Å². The van der Waals surface area contributed by atoms with Crippen molar-refractivity contribution in [1.29, 1.82) is 0 Å². The number of carbonyl (C=O) groups excluding carboxylic acids is 2. The quantitative estimate of drug-likeness (QED) is 0.490. The van der Waals surface area contributed by atoms with Crippen molar-refractivity contribution < 1.29 is 14.3 Å². The van der Waals surface area contributed by atoms with E-state index in [0.717, 1.165) is 5.69 Å². The van der Waals surface area contributed by atoms with E-state index in [2.05, 4.69) is 20.6 Å². The molecule has 3 aromatic rings. The van der Waals surface area contributed by atoms with E-state index in [-0.39, 0.29) is 5.78 Å². The van der Waals surface area contributed by atoms with Crippen LogP contribution in [-0.4, -0.2) is 28.8 Å². The van der Waals surface area contributed by atoms with Crippen molar-refractivity contribution in [3.05, 3.63) is 71.5 Å². The number of hydrogen-bond donors (Lipinski definition) is 2. The first-order chi connectivity index (χ1) is 13.4. The smallest absolute Gasteiger partial charge is 0.337 e. The number of benzene rings is 2. The second kappa shape index (κ2) is 8.30. The fraction of sp³-hybridized carbons (Fsp3) is 0.143. The van der Waals surface area contributed by atoms with Gasteiger partial charge in [0, 0.05) is 23.0 Å².